The number of aromatic nitrogens is 3. The number of aryl methyl sites for hydroxylation is 2. The van der Waals surface area contributed by atoms with Crippen LogP contribution in [-0.4, -0.2) is 26.7 Å². The van der Waals surface area contributed by atoms with Crippen LogP contribution in [0.5, 0.6) is 0 Å². The van der Waals surface area contributed by atoms with Gasteiger partial charge in [0, 0.05) is 18.4 Å². The van der Waals surface area contributed by atoms with Crippen molar-refractivity contribution in [1.82, 2.24) is 15.0 Å². The van der Waals surface area contributed by atoms with Gasteiger partial charge in [-0.05, 0) is 92.9 Å². The minimum Gasteiger partial charge on any atom is -0.459 e. The summed E-state index contributed by atoms with van der Waals surface area (Å²) in [5.74, 6) is 1.26. The molecule has 0 aliphatic heterocycles. The lowest BCUT2D eigenvalue weighted by Gasteiger charge is -2.63. The molecule has 2 bridgehead atoms. The standard InChI is InChI=1S/C32H43N3O3/c1-29-16-12-26-30(2)14-8-15-31(3,25(30)13-17-32(26,22-29)19-27(29)36)28(37)38-21-24-20-35(34-33-24)18-7-11-23-9-5-4-6-10-23/h4-6,9-10,20,25-26H,7-8,11-19,21-22H2,1-3H3/t25-,26-,29-,30+,31+,32-/m0/s1. The Kier molecular flexibility index (Phi) is 6.31. The van der Waals surface area contributed by atoms with Gasteiger partial charge in [-0.1, -0.05) is 55.8 Å². The number of hydrogen-bond acceptors (Lipinski definition) is 5. The number of hydrogen-bond donors (Lipinski definition) is 0. The summed E-state index contributed by atoms with van der Waals surface area (Å²) in [6.45, 7) is 7.77. The van der Waals surface area contributed by atoms with Gasteiger partial charge in [0.15, 0.2) is 0 Å². The molecule has 0 N–H and O–H groups in total. The van der Waals surface area contributed by atoms with Gasteiger partial charge in [-0.25, -0.2) is 0 Å². The number of nitrogens with zero attached hydrogens (tertiary/aromatic N) is 3. The molecule has 1 aromatic carbocycles. The second-order valence-corrected chi connectivity index (χ2v) is 13.8. The Morgan fingerprint density at radius 2 is 1.84 bits per heavy atom. The van der Waals surface area contributed by atoms with Crippen LogP contribution in [0.1, 0.15) is 96.2 Å². The first-order valence-corrected chi connectivity index (χ1v) is 14.8. The van der Waals surface area contributed by atoms with Gasteiger partial charge in [0.2, 0.25) is 0 Å². The molecular weight excluding hydrogens is 474 g/mol. The van der Waals surface area contributed by atoms with Gasteiger partial charge in [-0.3, -0.25) is 14.3 Å². The number of carbonyl (C=O) groups is 2. The summed E-state index contributed by atoms with van der Waals surface area (Å²) in [5, 5.41) is 8.53. The number of carbonyl (C=O) groups excluding carboxylic acids is 2. The molecule has 0 saturated heterocycles. The summed E-state index contributed by atoms with van der Waals surface area (Å²) in [5.41, 5.74) is 1.71. The van der Waals surface area contributed by atoms with Crippen LogP contribution in [-0.2, 0) is 33.9 Å². The Labute approximate surface area is 226 Å². The Morgan fingerprint density at radius 1 is 1.05 bits per heavy atom. The van der Waals surface area contributed by atoms with E-state index in [1.165, 1.54) is 5.56 Å². The van der Waals surface area contributed by atoms with Crippen molar-refractivity contribution in [2.45, 2.75) is 105 Å². The van der Waals surface area contributed by atoms with Crippen LogP contribution in [0.25, 0.3) is 0 Å². The van der Waals surface area contributed by atoms with Gasteiger partial charge in [0.25, 0.3) is 0 Å². The highest BCUT2D eigenvalue weighted by molar-refractivity contribution is 5.88. The van der Waals surface area contributed by atoms with Crippen LogP contribution >= 0.6 is 0 Å². The average molecular weight is 518 g/mol. The molecule has 204 valence electrons. The predicted molar refractivity (Wildman–Crippen MR) is 145 cm³/mol. The van der Waals surface area contributed by atoms with Crippen LogP contribution in [0.15, 0.2) is 36.5 Å². The van der Waals surface area contributed by atoms with E-state index in [1.807, 2.05) is 16.9 Å². The van der Waals surface area contributed by atoms with Crippen molar-refractivity contribution in [1.29, 1.82) is 0 Å². The number of ketones is 1. The zero-order valence-electron chi connectivity index (χ0n) is 23.4. The highest BCUT2D eigenvalue weighted by Gasteiger charge is 2.68. The molecular formula is C32H43N3O3. The van der Waals surface area contributed by atoms with E-state index >= 15 is 0 Å². The summed E-state index contributed by atoms with van der Waals surface area (Å²) in [6.07, 6.45) is 13.1. The van der Waals surface area contributed by atoms with Crippen LogP contribution in [0.2, 0.25) is 0 Å². The fourth-order valence-corrected chi connectivity index (χ4v) is 9.66. The van der Waals surface area contributed by atoms with Crippen LogP contribution < -0.4 is 0 Å². The Bertz CT molecular complexity index is 1210. The number of ether oxygens (including phenoxy) is 1. The van der Waals surface area contributed by atoms with Gasteiger partial charge < -0.3 is 4.74 Å². The molecule has 1 heterocycles. The summed E-state index contributed by atoms with van der Waals surface area (Å²) in [7, 11) is 0. The second-order valence-electron chi connectivity index (χ2n) is 13.8. The fraction of sp³-hybridized carbons (Fsp3) is 0.688. The van der Waals surface area contributed by atoms with Gasteiger partial charge in [0.05, 0.1) is 11.6 Å². The Hall–Kier alpha value is -2.50. The maximum absolute atomic E-state index is 13.7. The molecule has 6 nitrogen and oxygen atoms in total. The maximum Gasteiger partial charge on any atom is 0.312 e. The molecule has 4 saturated carbocycles. The molecule has 4 aliphatic rings. The largest absolute Gasteiger partial charge is 0.459 e. The third kappa shape index (κ3) is 4.14. The van der Waals surface area contributed by atoms with Crippen molar-refractivity contribution in [2.24, 2.45) is 33.5 Å². The quantitative estimate of drug-likeness (QED) is 0.402. The number of rotatable bonds is 7. The Balaban J connectivity index is 1.09. The maximum atomic E-state index is 13.7. The minimum atomic E-state index is -0.482. The fourth-order valence-electron chi connectivity index (χ4n) is 9.66. The van der Waals surface area contributed by atoms with Crippen LogP contribution in [0, 0.1) is 33.5 Å². The van der Waals surface area contributed by atoms with E-state index in [-0.39, 0.29) is 28.8 Å². The van der Waals surface area contributed by atoms with E-state index in [1.54, 1.807) is 0 Å². The van der Waals surface area contributed by atoms with Gasteiger partial charge >= 0.3 is 5.97 Å². The van der Waals surface area contributed by atoms with E-state index in [4.69, 9.17) is 4.74 Å². The number of benzene rings is 1. The van der Waals surface area contributed by atoms with Crippen LogP contribution in [0.4, 0.5) is 0 Å². The lowest BCUT2D eigenvalue weighted by molar-refractivity contribution is -0.189. The monoisotopic (exact) mass is 517 g/mol. The number of esters is 1. The van der Waals surface area contributed by atoms with E-state index in [2.05, 4.69) is 55.3 Å². The third-order valence-electron chi connectivity index (χ3n) is 11.5. The van der Waals surface area contributed by atoms with Gasteiger partial charge in [-0.15, -0.1) is 5.10 Å². The summed E-state index contributed by atoms with van der Waals surface area (Å²) in [4.78, 5) is 26.7. The average Bonchev–Trinajstić information content (AvgIpc) is 3.41. The third-order valence-corrected chi connectivity index (χ3v) is 11.5. The molecule has 1 aromatic heterocycles. The molecule has 4 aliphatic carbocycles. The first kappa shape index (κ1) is 25.8. The highest BCUT2D eigenvalue weighted by Crippen LogP contribution is 2.73. The Morgan fingerprint density at radius 3 is 2.66 bits per heavy atom. The molecule has 0 amide bonds. The van der Waals surface area contributed by atoms with E-state index < -0.39 is 5.41 Å². The number of Topliss-reactive ketones (excluding diaryl/α,β-unsaturated/α-hetero) is 1. The molecule has 6 heteroatoms. The highest BCUT2D eigenvalue weighted by atomic mass is 16.5. The molecule has 1 spiro atoms. The first-order valence-electron chi connectivity index (χ1n) is 14.8. The lowest BCUT2D eigenvalue weighted by Crippen LogP contribution is -2.58. The minimum absolute atomic E-state index is 0.0776. The smallest absolute Gasteiger partial charge is 0.312 e. The molecule has 0 radical (unpaired) electrons. The van der Waals surface area contributed by atoms with Crippen molar-refractivity contribution >= 4 is 11.8 Å². The SMILES string of the molecule is C[C@@]12CC[C@@H]3[C@@](CC[C@H]4[C@@]3(C)CCC[C@@]4(C)C(=O)OCc3cn(CCCc4ccccc4)nn3)(CC1=O)C2. The zero-order chi connectivity index (χ0) is 26.6. The number of fused-ring (bicyclic) bond motifs is 3. The van der Waals surface area contributed by atoms with Crippen molar-refractivity contribution in [3.63, 3.8) is 0 Å². The summed E-state index contributed by atoms with van der Waals surface area (Å²) < 4.78 is 7.82. The predicted octanol–water partition coefficient (Wildman–Crippen LogP) is 6.33. The van der Waals surface area contributed by atoms with Crippen molar-refractivity contribution in [3.05, 3.63) is 47.8 Å². The van der Waals surface area contributed by atoms with E-state index in [9.17, 15) is 9.59 Å². The topological polar surface area (TPSA) is 74.1 Å². The molecule has 6 rings (SSSR count). The molecule has 6 atom stereocenters. The van der Waals surface area contributed by atoms with E-state index in [0.29, 0.717) is 23.3 Å². The van der Waals surface area contributed by atoms with Gasteiger partial charge in [-0.2, -0.15) is 0 Å². The zero-order valence-corrected chi connectivity index (χ0v) is 23.4. The second kappa shape index (κ2) is 9.31. The lowest BCUT2D eigenvalue weighted by atomic mass is 9.40. The van der Waals surface area contributed by atoms with Crippen molar-refractivity contribution < 1.29 is 14.3 Å². The summed E-state index contributed by atoms with van der Waals surface area (Å²) in [6, 6.07) is 10.5. The molecule has 2 aromatic rings. The van der Waals surface area contributed by atoms with Gasteiger partial charge in [0.1, 0.15) is 18.1 Å². The molecule has 0 unspecified atom stereocenters. The first-order chi connectivity index (χ1) is 18.2. The van der Waals surface area contributed by atoms with Crippen LogP contribution in [0.3, 0.4) is 0 Å². The van der Waals surface area contributed by atoms with E-state index in [0.717, 1.165) is 77.2 Å². The normalized spacial score (nSPS) is 37.9. The van der Waals surface area contributed by atoms with Crippen molar-refractivity contribution in [2.75, 3.05) is 0 Å². The van der Waals surface area contributed by atoms with Crippen molar-refractivity contribution in [3.8, 4) is 0 Å². The molecule has 38 heavy (non-hydrogen) atoms. The molecule has 4 fully saturated rings. The summed E-state index contributed by atoms with van der Waals surface area (Å²) >= 11 is 0.